The van der Waals surface area contributed by atoms with Crippen LogP contribution >= 0.6 is 0 Å². The highest BCUT2D eigenvalue weighted by Crippen LogP contribution is 2.13. The van der Waals surface area contributed by atoms with Crippen molar-refractivity contribution in [2.24, 2.45) is 0 Å². The summed E-state index contributed by atoms with van der Waals surface area (Å²) in [5, 5.41) is 0. The number of nitrogens with zero attached hydrogens (tertiary/aromatic N) is 2. The van der Waals surface area contributed by atoms with Crippen LogP contribution in [-0.4, -0.2) is 61.5 Å². The van der Waals surface area contributed by atoms with Gasteiger partial charge in [-0.15, -0.1) is 0 Å². The monoisotopic (exact) mass is 334 g/mol. The first kappa shape index (κ1) is 20.2. The molecule has 0 aliphatic heterocycles. The zero-order valence-electron chi connectivity index (χ0n) is 15.6. The Labute approximate surface area is 145 Å². The first-order valence-electron chi connectivity index (χ1n) is 8.58. The van der Waals surface area contributed by atoms with Gasteiger partial charge in [-0.3, -0.25) is 9.59 Å². The predicted octanol–water partition coefficient (Wildman–Crippen LogP) is 2.65. The Balaban J connectivity index is 2.86. The normalized spacial score (nSPS) is 10.8. The number of hydrogen-bond donors (Lipinski definition) is 0. The minimum absolute atomic E-state index is 0.0332. The third-order valence-corrected chi connectivity index (χ3v) is 4.44. The Bertz CT molecular complexity index is 554. The first-order valence-corrected chi connectivity index (χ1v) is 8.58. The lowest BCUT2D eigenvalue weighted by Gasteiger charge is -2.26. The number of benzene rings is 1. The molecule has 1 aromatic rings. The Hall–Kier alpha value is -1.88. The standard InChI is InChI=1S/C19H30N2O3/c1-6-20(7-2)12-13-21(11-10-18(22)24-5)19(23)17-9-8-15(3)16(4)14-17/h8-9,14H,6-7,10-13H2,1-5H3. The molecule has 1 rings (SSSR count). The summed E-state index contributed by atoms with van der Waals surface area (Å²) in [5.74, 6) is -0.329. The van der Waals surface area contributed by atoms with E-state index in [0.717, 1.165) is 30.8 Å². The number of esters is 1. The molecule has 0 aromatic heterocycles. The van der Waals surface area contributed by atoms with E-state index in [2.05, 4.69) is 18.7 Å². The zero-order chi connectivity index (χ0) is 18.1. The van der Waals surface area contributed by atoms with E-state index in [4.69, 9.17) is 4.74 Å². The third-order valence-electron chi connectivity index (χ3n) is 4.44. The Morgan fingerprint density at radius 1 is 1.00 bits per heavy atom. The largest absolute Gasteiger partial charge is 0.469 e. The molecule has 0 bridgehead atoms. The van der Waals surface area contributed by atoms with E-state index < -0.39 is 0 Å². The van der Waals surface area contributed by atoms with E-state index in [1.54, 1.807) is 4.90 Å². The SMILES string of the molecule is CCN(CC)CCN(CCC(=O)OC)C(=O)c1ccc(C)c(C)c1. The molecule has 0 atom stereocenters. The summed E-state index contributed by atoms with van der Waals surface area (Å²) >= 11 is 0. The number of ether oxygens (including phenoxy) is 1. The second-order valence-electron chi connectivity index (χ2n) is 5.94. The second-order valence-corrected chi connectivity index (χ2v) is 5.94. The van der Waals surface area contributed by atoms with E-state index in [1.165, 1.54) is 7.11 Å². The molecule has 5 heteroatoms. The van der Waals surface area contributed by atoms with Crippen LogP contribution in [0.2, 0.25) is 0 Å². The molecule has 24 heavy (non-hydrogen) atoms. The molecular formula is C19H30N2O3. The van der Waals surface area contributed by atoms with Crippen LogP contribution < -0.4 is 0 Å². The second kappa shape index (κ2) is 10.1. The van der Waals surface area contributed by atoms with Crippen LogP contribution in [0.5, 0.6) is 0 Å². The topological polar surface area (TPSA) is 49.9 Å². The Morgan fingerprint density at radius 2 is 1.67 bits per heavy atom. The minimum atomic E-state index is -0.296. The van der Waals surface area contributed by atoms with Gasteiger partial charge in [-0.05, 0) is 50.2 Å². The summed E-state index contributed by atoms with van der Waals surface area (Å²) in [5.41, 5.74) is 2.93. The smallest absolute Gasteiger partial charge is 0.307 e. The summed E-state index contributed by atoms with van der Waals surface area (Å²) in [6.07, 6.45) is 0.214. The van der Waals surface area contributed by atoms with Crippen molar-refractivity contribution in [2.75, 3.05) is 39.8 Å². The van der Waals surface area contributed by atoms with E-state index >= 15 is 0 Å². The maximum atomic E-state index is 12.9. The highest BCUT2D eigenvalue weighted by atomic mass is 16.5. The van der Waals surface area contributed by atoms with Gasteiger partial charge in [0, 0.05) is 25.2 Å². The fraction of sp³-hybridized carbons (Fsp3) is 0.579. The average Bonchev–Trinajstić information content (AvgIpc) is 2.59. The molecule has 0 aliphatic rings. The zero-order valence-corrected chi connectivity index (χ0v) is 15.6. The van der Waals surface area contributed by atoms with Gasteiger partial charge in [0.15, 0.2) is 0 Å². The van der Waals surface area contributed by atoms with Gasteiger partial charge < -0.3 is 14.5 Å². The van der Waals surface area contributed by atoms with Crippen LogP contribution in [-0.2, 0) is 9.53 Å². The molecule has 0 radical (unpaired) electrons. The summed E-state index contributed by atoms with van der Waals surface area (Å²) in [6.45, 7) is 11.9. The molecule has 0 heterocycles. The van der Waals surface area contributed by atoms with Crippen LogP contribution in [0.25, 0.3) is 0 Å². The van der Waals surface area contributed by atoms with Crippen LogP contribution in [0.15, 0.2) is 18.2 Å². The first-order chi connectivity index (χ1) is 11.4. The lowest BCUT2D eigenvalue weighted by atomic mass is 10.1. The number of aryl methyl sites for hydroxylation is 2. The van der Waals surface area contributed by atoms with Gasteiger partial charge >= 0.3 is 5.97 Å². The van der Waals surface area contributed by atoms with Gasteiger partial charge in [-0.25, -0.2) is 0 Å². The third kappa shape index (κ3) is 5.96. The fourth-order valence-electron chi connectivity index (χ4n) is 2.50. The predicted molar refractivity (Wildman–Crippen MR) is 96.2 cm³/mol. The van der Waals surface area contributed by atoms with Gasteiger partial charge in [0.1, 0.15) is 0 Å². The number of likely N-dealkylation sites (N-methyl/N-ethyl adjacent to an activating group) is 1. The number of amides is 1. The van der Waals surface area contributed by atoms with Crippen molar-refractivity contribution in [3.05, 3.63) is 34.9 Å². The van der Waals surface area contributed by atoms with Crippen molar-refractivity contribution in [2.45, 2.75) is 34.1 Å². The molecule has 5 nitrogen and oxygen atoms in total. The van der Waals surface area contributed by atoms with E-state index in [1.807, 2.05) is 32.0 Å². The van der Waals surface area contributed by atoms with Gasteiger partial charge in [0.2, 0.25) is 0 Å². The molecule has 134 valence electrons. The maximum absolute atomic E-state index is 12.9. The van der Waals surface area contributed by atoms with Gasteiger partial charge in [-0.1, -0.05) is 19.9 Å². The molecule has 0 N–H and O–H groups in total. The summed E-state index contributed by atoms with van der Waals surface area (Å²) in [7, 11) is 1.37. The molecular weight excluding hydrogens is 304 g/mol. The summed E-state index contributed by atoms with van der Waals surface area (Å²) < 4.78 is 4.70. The molecule has 0 fully saturated rings. The van der Waals surface area contributed by atoms with Gasteiger partial charge in [0.05, 0.1) is 13.5 Å². The number of methoxy groups -OCH3 is 1. The van der Waals surface area contributed by atoms with Crippen molar-refractivity contribution in [1.82, 2.24) is 9.80 Å². The van der Waals surface area contributed by atoms with Crippen molar-refractivity contribution in [3.8, 4) is 0 Å². The number of hydrogen-bond acceptors (Lipinski definition) is 4. The number of rotatable bonds is 9. The van der Waals surface area contributed by atoms with E-state index in [0.29, 0.717) is 18.7 Å². The van der Waals surface area contributed by atoms with Crippen molar-refractivity contribution in [1.29, 1.82) is 0 Å². The Kier molecular flexibility index (Phi) is 8.47. The molecule has 0 spiro atoms. The van der Waals surface area contributed by atoms with Crippen molar-refractivity contribution in [3.63, 3.8) is 0 Å². The van der Waals surface area contributed by atoms with E-state index in [9.17, 15) is 9.59 Å². The average molecular weight is 334 g/mol. The lowest BCUT2D eigenvalue weighted by molar-refractivity contribution is -0.140. The molecule has 0 saturated carbocycles. The minimum Gasteiger partial charge on any atom is -0.469 e. The van der Waals surface area contributed by atoms with Crippen molar-refractivity contribution >= 4 is 11.9 Å². The molecule has 0 aliphatic carbocycles. The van der Waals surface area contributed by atoms with Gasteiger partial charge in [-0.2, -0.15) is 0 Å². The van der Waals surface area contributed by atoms with Gasteiger partial charge in [0.25, 0.3) is 5.91 Å². The fourth-order valence-corrected chi connectivity index (χ4v) is 2.50. The van der Waals surface area contributed by atoms with Crippen LogP contribution in [0.1, 0.15) is 41.8 Å². The van der Waals surface area contributed by atoms with Crippen LogP contribution in [0, 0.1) is 13.8 Å². The molecule has 0 saturated heterocycles. The maximum Gasteiger partial charge on any atom is 0.307 e. The number of carbonyl (C=O) groups excluding carboxylic acids is 2. The van der Waals surface area contributed by atoms with Crippen LogP contribution in [0.3, 0.4) is 0 Å². The molecule has 1 amide bonds. The Morgan fingerprint density at radius 3 is 2.21 bits per heavy atom. The quantitative estimate of drug-likeness (QED) is 0.652. The van der Waals surface area contributed by atoms with Crippen LogP contribution in [0.4, 0.5) is 0 Å². The lowest BCUT2D eigenvalue weighted by Crippen LogP contribution is -2.40. The van der Waals surface area contributed by atoms with Crippen molar-refractivity contribution < 1.29 is 14.3 Å². The highest BCUT2D eigenvalue weighted by molar-refractivity contribution is 5.94. The highest BCUT2D eigenvalue weighted by Gasteiger charge is 2.18. The molecule has 0 unspecified atom stereocenters. The summed E-state index contributed by atoms with van der Waals surface area (Å²) in [4.78, 5) is 28.3. The summed E-state index contributed by atoms with van der Waals surface area (Å²) in [6, 6.07) is 5.74. The van der Waals surface area contributed by atoms with E-state index in [-0.39, 0.29) is 18.3 Å². The molecule has 1 aromatic carbocycles. The number of carbonyl (C=O) groups is 2.